The van der Waals surface area contributed by atoms with E-state index < -0.39 is 16.7 Å². The van der Waals surface area contributed by atoms with E-state index in [0.717, 1.165) is 11.1 Å². The van der Waals surface area contributed by atoms with Gasteiger partial charge in [-0.05, 0) is 43.5 Å². The first-order chi connectivity index (χ1) is 13.5. The Morgan fingerprint density at radius 3 is 2.07 bits per heavy atom. The van der Waals surface area contributed by atoms with Crippen molar-refractivity contribution in [2.75, 3.05) is 13.2 Å². The van der Waals surface area contributed by atoms with Crippen LogP contribution in [0.3, 0.4) is 0 Å². The van der Waals surface area contributed by atoms with E-state index in [-0.39, 0.29) is 24.4 Å². The van der Waals surface area contributed by atoms with Crippen molar-refractivity contribution in [3.8, 4) is 0 Å². The van der Waals surface area contributed by atoms with Gasteiger partial charge in [0.15, 0.2) is 0 Å². The van der Waals surface area contributed by atoms with Gasteiger partial charge in [0, 0.05) is 16.2 Å². The molecule has 1 fully saturated rings. The molecule has 1 heterocycles. The van der Waals surface area contributed by atoms with E-state index in [1.165, 1.54) is 11.8 Å². The van der Waals surface area contributed by atoms with Crippen LogP contribution in [0.5, 0.6) is 0 Å². The minimum absolute atomic E-state index is 0.0318. The standard InChI is InChI=1S/C22H23ClO4S/c1-3-26-20(24)22(21(25)27-4-2)18(15-10-12-17(23)13-11-15)14-19(28-22)16-8-6-5-7-9-16/h5-13,18-19H,3-4,14H2,1-2H3/t18-,19+/m1/s1. The average molecular weight is 419 g/mol. The van der Waals surface area contributed by atoms with Crippen LogP contribution in [0.15, 0.2) is 54.6 Å². The molecule has 0 unspecified atom stereocenters. The largest absolute Gasteiger partial charge is 0.464 e. The first-order valence-electron chi connectivity index (χ1n) is 9.35. The summed E-state index contributed by atoms with van der Waals surface area (Å²) in [4.78, 5) is 26.3. The topological polar surface area (TPSA) is 52.6 Å². The summed E-state index contributed by atoms with van der Waals surface area (Å²) in [5.41, 5.74) is 1.94. The molecule has 148 valence electrons. The zero-order valence-electron chi connectivity index (χ0n) is 15.9. The molecule has 4 nitrogen and oxygen atoms in total. The van der Waals surface area contributed by atoms with Crippen molar-refractivity contribution in [3.05, 3.63) is 70.7 Å². The first-order valence-corrected chi connectivity index (χ1v) is 10.6. The highest BCUT2D eigenvalue weighted by Crippen LogP contribution is 2.60. The van der Waals surface area contributed by atoms with E-state index in [1.807, 2.05) is 42.5 Å². The molecule has 0 spiro atoms. The van der Waals surface area contributed by atoms with Gasteiger partial charge in [0.25, 0.3) is 0 Å². The molecule has 0 amide bonds. The summed E-state index contributed by atoms with van der Waals surface area (Å²) in [6.45, 7) is 3.87. The summed E-state index contributed by atoms with van der Waals surface area (Å²) < 4.78 is 9.30. The monoisotopic (exact) mass is 418 g/mol. The molecular weight excluding hydrogens is 396 g/mol. The van der Waals surface area contributed by atoms with Gasteiger partial charge in [0.2, 0.25) is 4.75 Å². The van der Waals surface area contributed by atoms with E-state index in [0.29, 0.717) is 11.4 Å². The van der Waals surface area contributed by atoms with E-state index in [2.05, 4.69) is 0 Å². The maximum Gasteiger partial charge on any atom is 0.334 e. The molecule has 1 aliphatic heterocycles. The lowest BCUT2D eigenvalue weighted by Crippen LogP contribution is -2.48. The van der Waals surface area contributed by atoms with Crippen molar-refractivity contribution in [1.82, 2.24) is 0 Å². The van der Waals surface area contributed by atoms with Crippen LogP contribution in [-0.2, 0) is 19.1 Å². The zero-order valence-corrected chi connectivity index (χ0v) is 17.5. The smallest absolute Gasteiger partial charge is 0.334 e. The number of carbonyl (C=O) groups is 2. The number of ether oxygens (including phenoxy) is 2. The highest BCUT2D eigenvalue weighted by Gasteiger charge is 2.62. The lowest BCUT2D eigenvalue weighted by Gasteiger charge is -2.30. The number of hydrogen-bond acceptors (Lipinski definition) is 5. The molecule has 2 aromatic carbocycles. The Morgan fingerprint density at radius 1 is 0.964 bits per heavy atom. The van der Waals surface area contributed by atoms with Gasteiger partial charge in [-0.25, -0.2) is 9.59 Å². The maximum absolute atomic E-state index is 13.1. The zero-order chi connectivity index (χ0) is 20.1. The lowest BCUT2D eigenvalue weighted by atomic mass is 9.81. The van der Waals surface area contributed by atoms with Crippen LogP contribution < -0.4 is 0 Å². The molecule has 6 heteroatoms. The van der Waals surface area contributed by atoms with Crippen molar-refractivity contribution in [1.29, 1.82) is 0 Å². The molecule has 28 heavy (non-hydrogen) atoms. The predicted molar refractivity (Wildman–Crippen MR) is 112 cm³/mol. The predicted octanol–water partition coefficient (Wildman–Crippen LogP) is 5.17. The highest BCUT2D eigenvalue weighted by molar-refractivity contribution is 8.02. The molecule has 0 bridgehead atoms. The van der Waals surface area contributed by atoms with Crippen LogP contribution in [-0.4, -0.2) is 29.9 Å². The number of rotatable bonds is 6. The number of benzene rings is 2. The van der Waals surface area contributed by atoms with Gasteiger partial charge >= 0.3 is 11.9 Å². The molecule has 2 atom stereocenters. The van der Waals surface area contributed by atoms with Gasteiger partial charge in [-0.1, -0.05) is 54.1 Å². The molecule has 0 N–H and O–H groups in total. The Morgan fingerprint density at radius 2 is 1.54 bits per heavy atom. The second-order valence-corrected chi connectivity index (χ2v) is 8.42. The number of esters is 2. The Hall–Kier alpha value is -1.98. The van der Waals surface area contributed by atoms with E-state index in [1.54, 1.807) is 26.0 Å². The molecule has 1 aliphatic rings. The second-order valence-electron chi connectivity index (χ2n) is 6.53. The van der Waals surface area contributed by atoms with E-state index >= 15 is 0 Å². The fourth-order valence-electron chi connectivity index (χ4n) is 3.61. The first kappa shape index (κ1) is 20.7. The Balaban J connectivity index is 2.10. The SMILES string of the molecule is CCOC(=O)C1(C(=O)OCC)S[C@H](c2ccccc2)C[C@@H]1c1ccc(Cl)cc1. The molecule has 3 rings (SSSR count). The summed E-state index contributed by atoms with van der Waals surface area (Å²) in [6, 6.07) is 17.2. The number of hydrogen-bond donors (Lipinski definition) is 0. The maximum atomic E-state index is 13.1. The van der Waals surface area contributed by atoms with Gasteiger partial charge in [-0.2, -0.15) is 0 Å². The van der Waals surface area contributed by atoms with Crippen molar-refractivity contribution in [2.45, 2.75) is 36.2 Å². The summed E-state index contributed by atoms with van der Waals surface area (Å²) in [7, 11) is 0. The van der Waals surface area contributed by atoms with Crippen molar-refractivity contribution < 1.29 is 19.1 Å². The molecule has 1 saturated heterocycles. The summed E-state index contributed by atoms with van der Waals surface area (Å²) in [5, 5.41) is 0.572. The van der Waals surface area contributed by atoms with Crippen LogP contribution in [0.25, 0.3) is 0 Å². The van der Waals surface area contributed by atoms with E-state index in [4.69, 9.17) is 21.1 Å². The molecule has 0 radical (unpaired) electrons. The van der Waals surface area contributed by atoms with Crippen molar-refractivity contribution in [2.24, 2.45) is 0 Å². The summed E-state index contributed by atoms with van der Waals surface area (Å²) >= 11 is 7.38. The van der Waals surface area contributed by atoms with Gasteiger partial charge in [-0.3, -0.25) is 0 Å². The second kappa shape index (κ2) is 9.01. The van der Waals surface area contributed by atoms with Crippen LogP contribution in [0.2, 0.25) is 5.02 Å². The number of thioether (sulfide) groups is 1. The molecule has 2 aromatic rings. The fraction of sp³-hybridized carbons (Fsp3) is 0.364. The third kappa shape index (κ3) is 3.91. The third-order valence-corrected chi connectivity index (χ3v) is 6.86. The fourth-order valence-corrected chi connectivity index (χ4v) is 5.48. The van der Waals surface area contributed by atoms with Gasteiger partial charge in [0.05, 0.1) is 13.2 Å². The van der Waals surface area contributed by atoms with Crippen LogP contribution >= 0.6 is 23.4 Å². The molecular formula is C22H23ClO4S. The summed E-state index contributed by atoms with van der Waals surface area (Å²) in [5.74, 6) is -1.47. The molecule has 0 saturated carbocycles. The number of carbonyl (C=O) groups excluding carboxylic acids is 2. The minimum atomic E-state index is -1.44. The number of halogens is 1. The van der Waals surface area contributed by atoms with E-state index in [9.17, 15) is 9.59 Å². The quantitative estimate of drug-likeness (QED) is 0.478. The third-order valence-electron chi connectivity index (χ3n) is 4.87. The lowest BCUT2D eigenvalue weighted by molar-refractivity contribution is -0.159. The normalized spacial score (nSPS) is 20.5. The molecule has 0 aliphatic carbocycles. The summed E-state index contributed by atoms with van der Waals surface area (Å²) in [6.07, 6.45) is 0.619. The van der Waals surface area contributed by atoms with Crippen molar-refractivity contribution in [3.63, 3.8) is 0 Å². The highest BCUT2D eigenvalue weighted by atomic mass is 35.5. The Bertz CT molecular complexity index is 804. The van der Waals surface area contributed by atoms with Gasteiger partial charge < -0.3 is 9.47 Å². The Kier molecular flexibility index (Phi) is 6.68. The van der Waals surface area contributed by atoms with Gasteiger partial charge in [0.1, 0.15) is 0 Å². The van der Waals surface area contributed by atoms with Crippen LogP contribution in [0.4, 0.5) is 0 Å². The van der Waals surface area contributed by atoms with Gasteiger partial charge in [-0.15, -0.1) is 11.8 Å². The van der Waals surface area contributed by atoms with Crippen molar-refractivity contribution >= 4 is 35.3 Å². The minimum Gasteiger partial charge on any atom is -0.464 e. The van der Waals surface area contributed by atoms with Crippen LogP contribution in [0.1, 0.15) is 42.6 Å². The van der Waals surface area contributed by atoms with Crippen LogP contribution in [0, 0.1) is 0 Å². The average Bonchev–Trinajstić information content (AvgIpc) is 3.12. The Labute approximate surface area is 174 Å². The molecule has 0 aromatic heterocycles.